The summed E-state index contributed by atoms with van der Waals surface area (Å²) in [4.78, 5) is 17.4. The number of hydrogen-bond donors (Lipinski definition) is 2. The summed E-state index contributed by atoms with van der Waals surface area (Å²) >= 11 is 1.56. The zero-order valence-corrected chi connectivity index (χ0v) is 12.6. The van der Waals surface area contributed by atoms with E-state index >= 15 is 0 Å². The monoisotopic (exact) mass is 300 g/mol. The quantitative estimate of drug-likeness (QED) is 0.850. The van der Waals surface area contributed by atoms with Crippen LogP contribution in [0.2, 0.25) is 0 Å². The number of pyridine rings is 1. The van der Waals surface area contributed by atoms with Crippen molar-refractivity contribution in [2.45, 2.75) is 37.8 Å². The van der Waals surface area contributed by atoms with Crippen molar-refractivity contribution >= 4 is 22.9 Å². The Morgan fingerprint density at radius 3 is 2.62 bits per heavy atom. The molecule has 21 heavy (non-hydrogen) atoms. The Balaban J connectivity index is 1.71. The van der Waals surface area contributed by atoms with Crippen LogP contribution in [0.25, 0.3) is 10.4 Å². The minimum atomic E-state index is -0.217. The summed E-state index contributed by atoms with van der Waals surface area (Å²) in [5, 5.41) is 6.81. The second-order valence-electron chi connectivity index (χ2n) is 5.86. The molecule has 4 rings (SSSR count). The molecular weight excluding hydrogens is 282 g/mol. The van der Waals surface area contributed by atoms with Crippen molar-refractivity contribution in [3.8, 4) is 10.4 Å². The molecule has 1 aliphatic heterocycles. The summed E-state index contributed by atoms with van der Waals surface area (Å²) in [6.45, 7) is 0. The molecule has 108 valence electrons. The van der Waals surface area contributed by atoms with Crippen molar-refractivity contribution < 1.29 is 9.78 Å². The van der Waals surface area contributed by atoms with E-state index in [1.807, 2.05) is 24.5 Å². The average Bonchev–Trinajstić information content (AvgIpc) is 2.93. The van der Waals surface area contributed by atoms with Gasteiger partial charge in [0.15, 0.2) is 12.4 Å². The number of hydrogen-bond acceptors (Lipinski definition) is 3. The van der Waals surface area contributed by atoms with E-state index in [1.54, 1.807) is 11.3 Å². The third-order valence-electron chi connectivity index (χ3n) is 4.37. The van der Waals surface area contributed by atoms with Gasteiger partial charge in [0, 0.05) is 22.6 Å². The van der Waals surface area contributed by atoms with Crippen molar-refractivity contribution in [1.29, 1.82) is 0 Å². The number of amides is 1. The molecule has 3 N–H and O–H groups in total. The largest absolute Gasteiger partial charge is 0.361 e. The lowest BCUT2D eigenvalue weighted by Gasteiger charge is -2.42. The first-order valence-corrected chi connectivity index (χ1v) is 8.28. The highest BCUT2D eigenvalue weighted by molar-refractivity contribution is 7.18. The fraction of sp³-hybridized carbons (Fsp3) is 0.375. The van der Waals surface area contributed by atoms with E-state index in [0.717, 1.165) is 33.8 Å². The molecule has 2 aromatic rings. The molecule has 1 spiro atoms. The van der Waals surface area contributed by atoms with E-state index in [0.29, 0.717) is 0 Å². The number of fused-ring (bicyclic) bond motifs is 1. The third-order valence-corrected chi connectivity index (χ3v) is 5.56. The highest BCUT2D eigenvalue weighted by Gasteiger charge is 2.39. The van der Waals surface area contributed by atoms with Crippen LogP contribution in [0.3, 0.4) is 0 Å². The number of anilines is 1. The summed E-state index contributed by atoms with van der Waals surface area (Å²) in [7, 11) is 0. The number of H-pyrrole nitrogens is 1. The Kier molecular flexibility index (Phi) is 2.96. The predicted molar refractivity (Wildman–Crippen MR) is 83.2 cm³/mol. The van der Waals surface area contributed by atoms with Crippen LogP contribution in [0.1, 0.15) is 41.8 Å². The van der Waals surface area contributed by atoms with Crippen molar-refractivity contribution in [1.82, 2.24) is 5.32 Å². The molecule has 1 amide bonds. The summed E-state index contributed by atoms with van der Waals surface area (Å²) in [6, 6.07) is 6.18. The zero-order chi connectivity index (χ0) is 14.3. The lowest BCUT2D eigenvalue weighted by Crippen LogP contribution is -2.58. The maximum absolute atomic E-state index is 12.5. The van der Waals surface area contributed by atoms with Crippen LogP contribution in [0.5, 0.6) is 0 Å². The van der Waals surface area contributed by atoms with Gasteiger partial charge in [0.1, 0.15) is 10.5 Å². The molecule has 2 aliphatic rings. The van der Waals surface area contributed by atoms with E-state index in [2.05, 4.69) is 21.7 Å². The molecule has 4 nitrogen and oxygen atoms in total. The summed E-state index contributed by atoms with van der Waals surface area (Å²) in [5.41, 5.74) is 1.92. The van der Waals surface area contributed by atoms with Crippen molar-refractivity contribution in [3.05, 3.63) is 35.5 Å². The molecule has 3 heterocycles. The average molecular weight is 300 g/mol. The van der Waals surface area contributed by atoms with E-state index < -0.39 is 0 Å². The Morgan fingerprint density at radius 1 is 1.10 bits per heavy atom. The normalized spacial score (nSPS) is 19.7. The van der Waals surface area contributed by atoms with Gasteiger partial charge in [-0.25, -0.2) is 4.98 Å². The van der Waals surface area contributed by atoms with Crippen molar-refractivity contribution in [2.75, 3.05) is 5.32 Å². The first-order chi connectivity index (χ1) is 10.3. The highest BCUT2D eigenvalue weighted by atomic mass is 32.1. The lowest BCUT2D eigenvalue weighted by molar-refractivity contribution is -0.377. The minimum Gasteiger partial charge on any atom is -0.361 e. The summed E-state index contributed by atoms with van der Waals surface area (Å²) in [6.07, 6.45) is 9.46. The van der Waals surface area contributed by atoms with Crippen LogP contribution in [0, 0.1) is 0 Å². The van der Waals surface area contributed by atoms with E-state index in [9.17, 15) is 4.79 Å². The topological polar surface area (TPSA) is 55.3 Å². The van der Waals surface area contributed by atoms with Gasteiger partial charge in [0.05, 0.1) is 5.69 Å². The van der Waals surface area contributed by atoms with Crippen LogP contribution >= 0.6 is 11.3 Å². The lowest BCUT2D eigenvalue weighted by atomic mass is 9.87. The minimum absolute atomic E-state index is 0.0735. The number of aromatic amines is 1. The number of thiophene rings is 1. The van der Waals surface area contributed by atoms with Gasteiger partial charge >= 0.3 is 0 Å². The molecule has 1 aliphatic carbocycles. The maximum Gasteiger partial charge on any atom is 0.265 e. The number of rotatable bonds is 1. The second kappa shape index (κ2) is 4.84. The Hall–Kier alpha value is -1.88. The maximum atomic E-state index is 12.5. The fourth-order valence-corrected chi connectivity index (χ4v) is 4.33. The molecule has 1 saturated carbocycles. The van der Waals surface area contributed by atoms with Gasteiger partial charge in [-0.05, 0) is 31.7 Å². The van der Waals surface area contributed by atoms with Gasteiger partial charge in [-0.3, -0.25) is 4.79 Å². The molecule has 0 atom stereocenters. The van der Waals surface area contributed by atoms with Crippen LogP contribution in [-0.4, -0.2) is 11.6 Å². The summed E-state index contributed by atoms with van der Waals surface area (Å²) < 4.78 is 0. The number of carbonyl (C=O) groups is 1. The predicted octanol–water partition coefficient (Wildman–Crippen LogP) is 3.04. The Morgan fingerprint density at radius 2 is 1.86 bits per heavy atom. The molecule has 0 radical (unpaired) electrons. The number of carbonyl (C=O) groups excluding carboxylic acids is 1. The van der Waals surface area contributed by atoms with Crippen LogP contribution in [0.4, 0.5) is 5.69 Å². The van der Waals surface area contributed by atoms with Gasteiger partial charge in [-0.1, -0.05) is 6.42 Å². The van der Waals surface area contributed by atoms with Crippen molar-refractivity contribution in [2.24, 2.45) is 0 Å². The van der Waals surface area contributed by atoms with Crippen LogP contribution in [0.15, 0.2) is 30.6 Å². The van der Waals surface area contributed by atoms with Gasteiger partial charge in [0.2, 0.25) is 0 Å². The molecule has 0 saturated heterocycles. The smallest absolute Gasteiger partial charge is 0.265 e. The van der Waals surface area contributed by atoms with Crippen molar-refractivity contribution in [3.63, 3.8) is 0 Å². The number of nitrogens with one attached hydrogen (secondary N) is 3. The molecule has 2 aromatic heterocycles. The molecular formula is C16H18N3OS+. The van der Waals surface area contributed by atoms with Gasteiger partial charge < -0.3 is 10.6 Å². The van der Waals surface area contributed by atoms with Gasteiger partial charge in [0.25, 0.3) is 5.91 Å². The standard InChI is InChI=1S/C16H17N3OS/c20-15-14-12(18-16(19-15)6-2-1-3-7-16)10-13(21-14)11-4-8-17-9-5-11/h4-5,8-10,18H,1-3,6-7H2,(H,19,20)/p+1. The molecule has 1 fully saturated rings. The zero-order valence-electron chi connectivity index (χ0n) is 11.7. The number of aromatic nitrogens is 1. The molecule has 0 aromatic carbocycles. The SMILES string of the molecule is O=C1NC2(CCCCC2)Nc2cc(-c3cc[nH+]cc3)sc21. The Bertz CT molecular complexity index is 674. The van der Waals surface area contributed by atoms with E-state index in [-0.39, 0.29) is 11.6 Å². The first kappa shape index (κ1) is 12.8. The van der Waals surface area contributed by atoms with E-state index in [4.69, 9.17) is 0 Å². The fourth-order valence-electron chi connectivity index (χ4n) is 3.31. The molecule has 5 heteroatoms. The van der Waals surface area contributed by atoms with Crippen LogP contribution in [-0.2, 0) is 0 Å². The second-order valence-corrected chi connectivity index (χ2v) is 6.92. The molecule has 0 bridgehead atoms. The van der Waals surface area contributed by atoms with Gasteiger partial charge in [-0.2, -0.15) is 0 Å². The highest BCUT2D eigenvalue weighted by Crippen LogP contribution is 2.41. The Labute approximate surface area is 127 Å². The third kappa shape index (κ3) is 2.21. The first-order valence-electron chi connectivity index (χ1n) is 7.47. The molecule has 0 unspecified atom stereocenters. The van der Waals surface area contributed by atoms with E-state index in [1.165, 1.54) is 19.3 Å². The van der Waals surface area contributed by atoms with Crippen LogP contribution < -0.4 is 15.6 Å². The summed E-state index contributed by atoms with van der Waals surface area (Å²) in [5.74, 6) is 0.0735. The van der Waals surface area contributed by atoms with Gasteiger partial charge in [-0.15, -0.1) is 11.3 Å².